The summed E-state index contributed by atoms with van der Waals surface area (Å²) in [5.74, 6) is -0.127. The van der Waals surface area contributed by atoms with Crippen molar-refractivity contribution in [1.29, 1.82) is 0 Å². The monoisotopic (exact) mass is 353 g/mol. The first-order valence-corrected chi connectivity index (χ1v) is 8.27. The van der Waals surface area contributed by atoms with Crippen LogP contribution in [0.5, 0.6) is 0 Å². The zero-order valence-electron chi connectivity index (χ0n) is 13.0. The molecule has 21 heavy (non-hydrogen) atoms. The number of ether oxygens (including phenoxy) is 1. The predicted octanol–water partition coefficient (Wildman–Crippen LogP) is 3.66. The van der Waals surface area contributed by atoms with Gasteiger partial charge in [-0.05, 0) is 64.4 Å². The zero-order valence-corrected chi connectivity index (χ0v) is 14.6. The van der Waals surface area contributed by atoms with Gasteiger partial charge < -0.3 is 10.1 Å². The zero-order chi connectivity index (χ0) is 15.5. The number of nitrogens with one attached hydrogen (secondary N) is 1. The Morgan fingerprint density at radius 2 is 1.81 bits per heavy atom. The van der Waals surface area contributed by atoms with Crippen LogP contribution in [0.1, 0.15) is 39.2 Å². The van der Waals surface area contributed by atoms with Crippen LogP contribution in [0.15, 0.2) is 28.7 Å². The van der Waals surface area contributed by atoms with Gasteiger partial charge in [-0.3, -0.25) is 4.79 Å². The summed E-state index contributed by atoms with van der Waals surface area (Å²) in [5.41, 5.74) is 0.745. The molecule has 0 aromatic heterocycles. The highest BCUT2D eigenvalue weighted by Gasteiger charge is 2.36. The lowest BCUT2D eigenvalue weighted by Gasteiger charge is -2.38. The van der Waals surface area contributed by atoms with Crippen LogP contribution in [0.25, 0.3) is 0 Å². The first-order chi connectivity index (χ1) is 9.83. The van der Waals surface area contributed by atoms with Gasteiger partial charge in [-0.2, -0.15) is 0 Å². The molecule has 4 heteroatoms. The molecule has 0 unspecified atom stereocenters. The number of carbonyl (C=O) groups is 1. The Balaban J connectivity index is 2.17. The van der Waals surface area contributed by atoms with E-state index in [1.165, 1.54) is 5.56 Å². The van der Waals surface area contributed by atoms with E-state index >= 15 is 0 Å². The maximum absolute atomic E-state index is 12.1. The van der Waals surface area contributed by atoms with Crippen molar-refractivity contribution in [2.75, 3.05) is 19.7 Å². The summed E-state index contributed by atoms with van der Waals surface area (Å²) in [6, 6.07) is 8.40. The second-order valence-corrected chi connectivity index (χ2v) is 7.78. The van der Waals surface area contributed by atoms with E-state index in [4.69, 9.17) is 4.74 Å². The fourth-order valence-electron chi connectivity index (χ4n) is 2.65. The largest absolute Gasteiger partial charge is 0.464 e. The number of hydrogen-bond acceptors (Lipinski definition) is 3. The quantitative estimate of drug-likeness (QED) is 0.842. The van der Waals surface area contributed by atoms with Gasteiger partial charge in [0.1, 0.15) is 6.61 Å². The van der Waals surface area contributed by atoms with Gasteiger partial charge in [0.2, 0.25) is 0 Å². The molecule has 0 bridgehead atoms. The van der Waals surface area contributed by atoms with Gasteiger partial charge >= 0.3 is 5.97 Å². The predicted molar refractivity (Wildman–Crippen MR) is 88.3 cm³/mol. The molecule has 0 amide bonds. The fraction of sp³-hybridized carbons (Fsp3) is 0.588. The molecule has 0 atom stereocenters. The number of halogens is 1. The lowest BCUT2D eigenvalue weighted by atomic mass is 9.74. The van der Waals surface area contributed by atoms with E-state index in [0.717, 1.165) is 30.4 Å². The molecule has 1 aromatic carbocycles. The van der Waals surface area contributed by atoms with Crippen LogP contribution in [-0.4, -0.2) is 25.7 Å². The number of carbonyl (C=O) groups excluding carboxylic acids is 1. The van der Waals surface area contributed by atoms with E-state index in [2.05, 4.69) is 45.5 Å². The average Bonchev–Trinajstić information content (AvgIpc) is 2.45. The molecule has 0 saturated carbocycles. The van der Waals surface area contributed by atoms with Crippen LogP contribution < -0.4 is 5.32 Å². The molecule has 1 fully saturated rings. The molecule has 0 radical (unpaired) electrons. The molecule has 1 aromatic rings. The van der Waals surface area contributed by atoms with Crippen molar-refractivity contribution in [1.82, 2.24) is 5.32 Å². The first-order valence-electron chi connectivity index (χ1n) is 7.48. The van der Waals surface area contributed by atoms with Gasteiger partial charge in [0.05, 0.1) is 5.41 Å². The van der Waals surface area contributed by atoms with Crippen molar-refractivity contribution in [3.05, 3.63) is 34.3 Å². The molecule has 1 N–H and O–H groups in total. The molecule has 1 aliphatic heterocycles. The Labute approximate surface area is 135 Å². The normalized spacial score (nSPS) is 18.3. The molecule has 116 valence electrons. The number of piperidine rings is 1. The van der Waals surface area contributed by atoms with Gasteiger partial charge in [0, 0.05) is 9.89 Å². The third kappa shape index (κ3) is 4.07. The summed E-state index contributed by atoms with van der Waals surface area (Å²) in [5, 5.41) is 3.39. The lowest BCUT2D eigenvalue weighted by Crippen LogP contribution is -2.44. The summed E-state index contributed by atoms with van der Waals surface area (Å²) in [4.78, 5) is 12.1. The van der Waals surface area contributed by atoms with Gasteiger partial charge in [0.15, 0.2) is 0 Å². The van der Waals surface area contributed by atoms with Gasteiger partial charge in [-0.25, -0.2) is 0 Å². The maximum atomic E-state index is 12.1. The standard InChI is InChI=1S/C17H24BrNO2/c1-16(2,3)15(20)21-12-17(8-10-19-11-9-17)13-4-6-14(18)7-5-13/h4-7,19H,8-12H2,1-3H3. The molecule has 3 nitrogen and oxygen atoms in total. The second kappa shape index (κ2) is 6.49. The molecular weight excluding hydrogens is 330 g/mol. The smallest absolute Gasteiger partial charge is 0.311 e. The van der Waals surface area contributed by atoms with Crippen molar-refractivity contribution < 1.29 is 9.53 Å². The summed E-state index contributed by atoms with van der Waals surface area (Å²) in [7, 11) is 0. The number of esters is 1. The van der Waals surface area contributed by atoms with Crippen molar-refractivity contribution >= 4 is 21.9 Å². The molecule has 1 saturated heterocycles. The Bertz CT molecular complexity index is 485. The van der Waals surface area contributed by atoms with E-state index in [-0.39, 0.29) is 11.4 Å². The number of rotatable bonds is 3. The number of benzene rings is 1. The minimum Gasteiger partial charge on any atom is -0.464 e. The molecule has 1 aliphatic rings. The van der Waals surface area contributed by atoms with Crippen molar-refractivity contribution in [2.24, 2.45) is 5.41 Å². The van der Waals surface area contributed by atoms with Crippen LogP contribution in [-0.2, 0) is 14.9 Å². The van der Waals surface area contributed by atoms with E-state index < -0.39 is 5.41 Å². The first kappa shape index (κ1) is 16.5. The Morgan fingerprint density at radius 1 is 1.24 bits per heavy atom. The average molecular weight is 354 g/mol. The van der Waals surface area contributed by atoms with Crippen LogP contribution in [0.4, 0.5) is 0 Å². The Hall–Kier alpha value is -0.870. The van der Waals surface area contributed by atoms with Crippen LogP contribution in [0, 0.1) is 5.41 Å². The second-order valence-electron chi connectivity index (χ2n) is 6.86. The van der Waals surface area contributed by atoms with E-state index in [0.29, 0.717) is 6.61 Å². The Morgan fingerprint density at radius 3 is 2.33 bits per heavy atom. The molecule has 0 aliphatic carbocycles. The van der Waals surface area contributed by atoms with E-state index in [1.807, 2.05) is 20.8 Å². The van der Waals surface area contributed by atoms with Crippen LogP contribution in [0.3, 0.4) is 0 Å². The van der Waals surface area contributed by atoms with Crippen LogP contribution >= 0.6 is 15.9 Å². The SMILES string of the molecule is CC(C)(C)C(=O)OCC1(c2ccc(Br)cc2)CCNCC1. The topological polar surface area (TPSA) is 38.3 Å². The minimum atomic E-state index is -0.451. The summed E-state index contributed by atoms with van der Waals surface area (Å²) in [6.07, 6.45) is 1.98. The highest BCUT2D eigenvalue weighted by Crippen LogP contribution is 2.35. The minimum absolute atomic E-state index is 0.0626. The lowest BCUT2D eigenvalue weighted by molar-refractivity contribution is -0.155. The highest BCUT2D eigenvalue weighted by molar-refractivity contribution is 9.10. The molecule has 1 heterocycles. The third-order valence-electron chi connectivity index (χ3n) is 4.11. The summed E-state index contributed by atoms with van der Waals surface area (Å²) < 4.78 is 6.73. The fourth-order valence-corrected chi connectivity index (χ4v) is 2.91. The van der Waals surface area contributed by atoms with Gasteiger partial charge in [-0.15, -0.1) is 0 Å². The Kier molecular flexibility index (Phi) is 5.10. The summed E-state index contributed by atoms with van der Waals surface area (Å²) in [6.45, 7) is 8.07. The van der Waals surface area contributed by atoms with E-state index in [9.17, 15) is 4.79 Å². The number of hydrogen-bond donors (Lipinski definition) is 1. The highest BCUT2D eigenvalue weighted by atomic mass is 79.9. The van der Waals surface area contributed by atoms with E-state index in [1.54, 1.807) is 0 Å². The van der Waals surface area contributed by atoms with Crippen molar-refractivity contribution in [3.8, 4) is 0 Å². The van der Waals surface area contributed by atoms with Gasteiger partial charge in [-0.1, -0.05) is 28.1 Å². The maximum Gasteiger partial charge on any atom is 0.311 e. The molecular formula is C17H24BrNO2. The van der Waals surface area contributed by atoms with Crippen molar-refractivity contribution in [2.45, 2.75) is 39.0 Å². The van der Waals surface area contributed by atoms with Crippen LogP contribution in [0.2, 0.25) is 0 Å². The molecule has 0 spiro atoms. The molecule has 2 rings (SSSR count). The summed E-state index contributed by atoms with van der Waals surface area (Å²) >= 11 is 3.48. The third-order valence-corrected chi connectivity index (χ3v) is 4.64. The van der Waals surface area contributed by atoms with Crippen molar-refractivity contribution in [3.63, 3.8) is 0 Å². The van der Waals surface area contributed by atoms with Gasteiger partial charge in [0.25, 0.3) is 0 Å².